The first-order chi connectivity index (χ1) is 9.60. The lowest BCUT2D eigenvalue weighted by Gasteiger charge is -2.41. The van der Waals surface area contributed by atoms with E-state index in [-0.39, 0.29) is 33.7 Å². The summed E-state index contributed by atoms with van der Waals surface area (Å²) < 4.78 is -1.54. The summed E-state index contributed by atoms with van der Waals surface area (Å²) >= 11 is 39.3. The predicted octanol–water partition coefficient (Wildman–Crippen LogP) is 4.80. The third-order valence-electron chi connectivity index (χ3n) is 5.99. The van der Waals surface area contributed by atoms with Crippen LogP contribution in [-0.2, 0) is 4.79 Å². The van der Waals surface area contributed by atoms with Crippen LogP contribution in [0.5, 0.6) is 0 Å². The zero-order valence-corrected chi connectivity index (χ0v) is 15.0. The van der Waals surface area contributed by atoms with Crippen LogP contribution in [0.3, 0.4) is 0 Å². The number of alkyl halides is 4. The van der Waals surface area contributed by atoms with Gasteiger partial charge in [0.1, 0.15) is 9.75 Å². The van der Waals surface area contributed by atoms with Crippen molar-refractivity contribution in [1.29, 1.82) is 0 Å². The maximum atomic E-state index is 11.5. The number of rotatable bonds is 1. The smallest absolute Gasteiger partial charge is 0.306 e. The van der Waals surface area contributed by atoms with E-state index in [1.54, 1.807) is 0 Å². The molecule has 0 unspecified atom stereocenters. The largest absolute Gasteiger partial charge is 0.481 e. The topological polar surface area (TPSA) is 37.3 Å². The van der Waals surface area contributed by atoms with Crippen molar-refractivity contribution in [3.63, 3.8) is 0 Å². The summed E-state index contributed by atoms with van der Waals surface area (Å²) in [6, 6.07) is 0. The van der Waals surface area contributed by atoms with Crippen LogP contribution in [0.4, 0.5) is 0 Å². The normalized spacial score (nSPS) is 56.2. The molecule has 4 rings (SSSR count). The van der Waals surface area contributed by atoms with Crippen LogP contribution < -0.4 is 0 Å². The fourth-order valence-electron chi connectivity index (χ4n) is 5.33. The highest BCUT2D eigenvalue weighted by Crippen LogP contribution is 2.82. The molecule has 7 atom stereocenters. The van der Waals surface area contributed by atoms with E-state index < -0.39 is 26.0 Å². The number of allylic oxidation sites excluding steroid dienone is 2. The highest BCUT2D eigenvalue weighted by atomic mass is 35.5. The number of halogens is 6. The molecule has 4 bridgehead atoms. The van der Waals surface area contributed by atoms with Crippen molar-refractivity contribution in [2.75, 3.05) is 0 Å². The maximum absolute atomic E-state index is 11.5. The second-order valence-electron chi connectivity index (χ2n) is 6.52. The Morgan fingerprint density at radius 3 is 2.05 bits per heavy atom. The minimum Gasteiger partial charge on any atom is -0.481 e. The van der Waals surface area contributed by atoms with Crippen molar-refractivity contribution >= 4 is 75.6 Å². The number of aliphatic carboxylic acids is 1. The van der Waals surface area contributed by atoms with E-state index in [1.165, 1.54) is 0 Å². The molecule has 21 heavy (non-hydrogen) atoms. The Labute approximate surface area is 151 Å². The number of carboxylic acid groups (broad SMARTS) is 1. The Bertz CT molecular complexity index is 603. The Balaban J connectivity index is 1.92. The van der Waals surface area contributed by atoms with Crippen LogP contribution in [-0.4, -0.2) is 25.2 Å². The summed E-state index contributed by atoms with van der Waals surface area (Å²) in [5.74, 6) is -1.67. The molecule has 116 valence electrons. The zero-order chi connectivity index (χ0) is 15.5. The Kier molecular flexibility index (Phi) is 3.04. The summed E-state index contributed by atoms with van der Waals surface area (Å²) in [5, 5.41) is 9.79. The molecule has 0 aromatic heterocycles. The Morgan fingerprint density at radius 2 is 1.52 bits per heavy atom. The minimum atomic E-state index is -1.54. The number of carboxylic acids is 1. The molecule has 3 fully saturated rings. The van der Waals surface area contributed by atoms with Gasteiger partial charge >= 0.3 is 5.97 Å². The number of carbonyl (C=O) groups is 1. The van der Waals surface area contributed by atoms with Gasteiger partial charge in [0, 0.05) is 0 Å². The Morgan fingerprint density at radius 1 is 1.00 bits per heavy atom. The first-order valence-electron chi connectivity index (χ1n) is 6.64. The van der Waals surface area contributed by atoms with Crippen molar-refractivity contribution in [2.24, 2.45) is 29.6 Å². The second kappa shape index (κ2) is 4.13. The van der Waals surface area contributed by atoms with Gasteiger partial charge in [-0.1, -0.05) is 46.4 Å². The molecule has 0 aromatic rings. The molecule has 1 N–H and O–H groups in total. The van der Waals surface area contributed by atoms with E-state index in [4.69, 9.17) is 69.6 Å². The third kappa shape index (κ3) is 1.34. The van der Waals surface area contributed by atoms with E-state index in [0.717, 1.165) is 6.42 Å². The van der Waals surface area contributed by atoms with E-state index in [0.29, 0.717) is 6.42 Å². The predicted molar refractivity (Wildman–Crippen MR) is 84.7 cm³/mol. The number of hydrogen-bond acceptors (Lipinski definition) is 1. The molecular weight excluding hydrogens is 401 g/mol. The van der Waals surface area contributed by atoms with Gasteiger partial charge in [-0.25, -0.2) is 0 Å². The van der Waals surface area contributed by atoms with Gasteiger partial charge < -0.3 is 5.11 Å². The quantitative estimate of drug-likeness (QED) is 0.497. The SMILES string of the molecule is O=C(O)[C@H]1C[C@H]2C[C@H]1[C@@H]1[C@@H]2[C@]2(Cl)C(Cl)=C(Cl)[C@]1(Cl)C2(Cl)Cl. The number of fused-ring (bicyclic) bond motifs is 9. The molecule has 4 aliphatic carbocycles. The molecule has 3 saturated carbocycles. The van der Waals surface area contributed by atoms with Crippen LogP contribution >= 0.6 is 69.6 Å². The molecule has 0 spiro atoms. The van der Waals surface area contributed by atoms with Gasteiger partial charge in [-0.15, -0.1) is 23.2 Å². The molecule has 0 radical (unpaired) electrons. The van der Waals surface area contributed by atoms with Crippen molar-refractivity contribution < 1.29 is 9.90 Å². The van der Waals surface area contributed by atoms with Crippen LogP contribution in [0.15, 0.2) is 10.1 Å². The fourth-order valence-corrected chi connectivity index (χ4v) is 8.48. The van der Waals surface area contributed by atoms with Gasteiger partial charge in [-0.2, -0.15) is 0 Å². The lowest BCUT2D eigenvalue weighted by molar-refractivity contribution is -0.144. The fraction of sp³-hybridized carbons (Fsp3) is 0.769. The van der Waals surface area contributed by atoms with E-state index in [9.17, 15) is 9.90 Å². The van der Waals surface area contributed by atoms with Gasteiger partial charge in [0.15, 0.2) is 4.33 Å². The van der Waals surface area contributed by atoms with Gasteiger partial charge in [-0.05, 0) is 36.5 Å². The van der Waals surface area contributed by atoms with E-state index in [1.807, 2.05) is 0 Å². The first-order valence-corrected chi connectivity index (χ1v) is 8.91. The molecule has 0 aliphatic heterocycles. The minimum absolute atomic E-state index is 0.106. The summed E-state index contributed by atoms with van der Waals surface area (Å²) in [5.41, 5.74) is 0. The van der Waals surface area contributed by atoms with Crippen molar-refractivity contribution in [2.45, 2.75) is 26.9 Å². The summed E-state index contributed by atoms with van der Waals surface area (Å²) in [4.78, 5) is 8.92. The lowest BCUT2D eigenvalue weighted by Crippen LogP contribution is -2.46. The highest BCUT2D eigenvalue weighted by Gasteiger charge is 2.86. The van der Waals surface area contributed by atoms with Gasteiger partial charge in [0.05, 0.1) is 16.0 Å². The van der Waals surface area contributed by atoms with Crippen LogP contribution in [0.1, 0.15) is 12.8 Å². The standard InChI is InChI=1S/C13H10Cl6O2/c14-8-9(15)12(17)7-4-1-3(2-5(4)10(20)21)6(7)11(8,16)13(12,18)19/h3-7H,1-2H2,(H,20,21)/t3-,4-,5+,6-,7-,11+,12+/m1/s1. The highest BCUT2D eigenvalue weighted by molar-refractivity contribution is 6.65. The van der Waals surface area contributed by atoms with Crippen molar-refractivity contribution in [3.8, 4) is 0 Å². The lowest BCUT2D eigenvalue weighted by atomic mass is 9.69. The van der Waals surface area contributed by atoms with Gasteiger partial charge in [-0.3, -0.25) is 4.79 Å². The van der Waals surface area contributed by atoms with E-state index in [2.05, 4.69) is 0 Å². The summed E-state index contributed by atoms with van der Waals surface area (Å²) in [7, 11) is 0. The van der Waals surface area contributed by atoms with Crippen LogP contribution in [0.2, 0.25) is 0 Å². The molecule has 4 aliphatic rings. The molecular formula is C13H10Cl6O2. The maximum Gasteiger partial charge on any atom is 0.306 e. The average molecular weight is 411 g/mol. The summed E-state index contributed by atoms with van der Waals surface area (Å²) in [6.07, 6.45) is 1.32. The van der Waals surface area contributed by atoms with E-state index >= 15 is 0 Å². The third-order valence-corrected chi connectivity index (χ3v) is 10.3. The molecule has 0 heterocycles. The molecule has 8 heteroatoms. The van der Waals surface area contributed by atoms with Crippen LogP contribution in [0, 0.1) is 29.6 Å². The monoisotopic (exact) mass is 408 g/mol. The van der Waals surface area contributed by atoms with Crippen molar-refractivity contribution in [3.05, 3.63) is 10.1 Å². The zero-order valence-electron chi connectivity index (χ0n) is 10.4. The average Bonchev–Trinajstić information content (AvgIpc) is 3.05. The summed E-state index contributed by atoms with van der Waals surface area (Å²) in [6.45, 7) is 0. The Hall–Kier alpha value is 0.950. The van der Waals surface area contributed by atoms with Crippen molar-refractivity contribution in [1.82, 2.24) is 0 Å². The first kappa shape index (κ1) is 15.5. The molecule has 0 aromatic carbocycles. The molecule has 0 amide bonds. The second-order valence-corrected chi connectivity index (χ2v) is 9.79. The van der Waals surface area contributed by atoms with Gasteiger partial charge in [0.25, 0.3) is 0 Å². The molecule has 2 nitrogen and oxygen atoms in total. The number of hydrogen-bond donors (Lipinski definition) is 1. The van der Waals surface area contributed by atoms with Gasteiger partial charge in [0.2, 0.25) is 0 Å². The van der Waals surface area contributed by atoms with Crippen LogP contribution in [0.25, 0.3) is 0 Å². The molecule has 0 saturated heterocycles.